The summed E-state index contributed by atoms with van der Waals surface area (Å²) in [5.74, 6) is -4.58. The molecule has 22 heavy (non-hydrogen) atoms. The quantitative estimate of drug-likeness (QED) is 0.548. The average Bonchev–Trinajstić information content (AvgIpc) is 2.46. The van der Waals surface area contributed by atoms with E-state index in [0.29, 0.717) is 0 Å². The van der Waals surface area contributed by atoms with Crippen molar-refractivity contribution >= 4 is 23.7 Å². The highest BCUT2D eigenvalue weighted by Gasteiger charge is 2.21. The first-order valence-corrected chi connectivity index (χ1v) is 6.19. The summed E-state index contributed by atoms with van der Waals surface area (Å²) in [4.78, 5) is 33.1. The number of urea groups is 1. The Labute approximate surface area is 124 Å². The third kappa shape index (κ3) is 4.69. The Morgan fingerprint density at radius 2 is 1.95 bits per heavy atom. The van der Waals surface area contributed by atoms with Crippen LogP contribution in [0.5, 0.6) is 0 Å². The zero-order chi connectivity index (χ0) is 16.7. The number of benzene rings is 1. The molecule has 0 bridgehead atoms. The Balaban J connectivity index is 2.71. The highest BCUT2D eigenvalue weighted by atomic mass is 19.1. The van der Waals surface area contributed by atoms with Gasteiger partial charge >= 0.3 is 18.0 Å². The van der Waals surface area contributed by atoms with Crippen molar-refractivity contribution in [3.63, 3.8) is 0 Å². The first-order valence-electron chi connectivity index (χ1n) is 6.19. The second-order valence-electron chi connectivity index (χ2n) is 4.15. The Bertz CT molecular complexity index is 592. The topological polar surface area (TPSA) is 105 Å². The SMILES string of the molecule is COC(=O)c1c(F)ccc(NC(=O)NCCCC(=O)O)c1F. The van der Waals surface area contributed by atoms with Crippen molar-refractivity contribution in [2.24, 2.45) is 0 Å². The number of esters is 1. The van der Waals surface area contributed by atoms with Gasteiger partial charge in [-0.15, -0.1) is 0 Å². The maximum Gasteiger partial charge on any atom is 0.343 e. The van der Waals surface area contributed by atoms with Crippen molar-refractivity contribution in [1.82, 2.24) is 5.32 Å². The number of amides is 2. The van der Waals surface area contributed by atoms with Gasteiger partial charge < -0.3 is 20.5 Å². The smallest absolute Gasteiger partial charge is 0.343 e. The Morgan fingerprint density at radius 3 is 2.55 bits per heavy atom. The zero-order valence-corrected chi connectivity index (χ0v) is 11.6. The Kier molecular flexibility index (Phi) is 6.24. The van der Waals surface area contributed by atoms with Gasteiger partial charge in [0.05, 0.1) is 12.8 Å². The molecule has 0 aliphatic heterocycles. The van der Waals surface area contributed by atoms with Gasteiger partial charge in [-0.25, -0.2) is 18.4 Å². The van der Waals surface area contributed by atoms with Crippen LogP contribution in [0.2, 0.25) is 0 Å². The molecule has 7 nitrogen and oxygen atoms in total. The monoisotopic (exact) mass is 316 g/mol. The summed E-state index contributed by atoms with van der Waals surface area (Å²) in [7, 11) is 0.969. The van der Waals surface area contributed by atoms with Crippen LogP contribution >= 0.6 is 0 Å². The molecule has 1 aromatic carbocycles. The van der Waals surface area contributed by atoms with Crippen LogP contribution in [0.1, 0.15) is 23.2 Å². The number of anilines is 1. The molecule has 9 heteroatoms. The van der Waals surface area contributed by atoms with Crippen LogP contribution in [-0.4, -0.2) is 36.7 Å². The van der Waals surface area contributed by atoms with Crippen LogP contribution in [0.4, 0.5) is 19.3 Å². The van der Waals surface area contributed by atoms with Gasteiger partial charge in [0.15, 0.2) is 5.82 Å². The molecule has 0 radical (unpaired) electrons. The molecule has 0 unspecified atom stereocenters. The van der Waals surface area contributed by atoms with Crippen molar-refractivity contribution in [3.05, 3.63) is 29.3 Å². The molecule has 0 fully saturated rings. The van der Waals surface area contributed by atoms with Gasteiger partial charge in [0.25, 0.3) is 0 Å². The lowest BCUT2D eigenvalue weighted by Crippen LogP contribution is -2.30. The van der Waals surface area contributed by atoms with Crippen LogP contribution in [0, 0.1) is 11.6 Å². The lowest BCUT2D eigenvalue weighted by molar-refractivity contribution is -0.137. The van der Waals surface area contributed by atoms with E-state index in [4.69, 9.17) is 5.11 Å². The highest BCUT2D eigenvalue weighted by molar-refractivity contribution is 5.94. The number of aliphatic carboxylic acids is 1. The molecule has 0 atom stereocenters. The summed E-state index contributed by atoms with van der Waals surface area (Å²) >= 11 is 0. The van der Waals surface area contributed by atoms with Gasteiger partial charge in [0, 0.05) is 13.0 Å². The second kappa shape index (κ2) is 7.91. The van der Waals surface area contributed by atoms with Gasteiger partial charge in [-0.05, 0) is 18.6 Å². The molecule has 2 amide bonds. The van der Waals surface area contributed by atoms with E-state index in [1.807, 2.05) is 0 Å². The molecule has 0 aliphatic rings. The number of carbonyl (C=O) groups is 3. The van der Waals surface area contributed by atoms with E-state index in [0.717, 1.165) is 19.2 Å². The molecule has 1 rings (SSSR count). The number of ether oxygens (including phenoxy) is 1. The summed E-state index contributed by atoms with van der Waals surface area (Å²) < 4.78 is 31.6. The number of nitrogens with one attached hydrogen (secondary N) is 2. The van der Waals surface area contributed by atoms with Crippen LogP contribution in [0.15, 0.2) is 12.1 Å². The molecular weight excluding hydrogens is 302 g/mol. The molecular formula is C13H14F2N2O5. The van der Waals surface area contributed by atoms with E-state index < -0.39 is 40.9 Å². The van der Waals surface area contributed by atoms with E-state index in [9.17, 15) is 23.2 Å². The summed E-state index contributed by atoms with van der Waals surface area (Å²) in [6, 6.07) is 0.954. The summed E-state index contributed by atoms with van der Waals surface area (Å²) in [5.41, 5.74) is -1.32. The van der Waals surface area contributed by atoms with E-state index in [-0.39, 0.29) is 19.4 Å². The minimum atomic E-state index is -1.26. The lowest BCUT2D eigenvalue weighted by atomic mass is 10.1. The third-order valence-corrected chi connectivity index (χ3v) is 2.58. The fourth-order valence-corrected chi connectivity index (χ4v) is 1.55. The van der Waals surface area contributed by atoms with Gasteiger partial charge in [0.1, 0.15) is 11.4 Å². The molecule has 3 N–H and O–H groups in total. The Hall–Kier alpha value is -2.71. The van der Waals surface area contributed by atoms with Crippen molar-refractivity contribution < 1.29 is 33.0 Å². The largest absolute Gasteiger partial charge is 0.481 e. The van der Waals surface area contributed by atoms with Gasteiger partial charge in [-0.3, -0.25) is 4.79 Å². The molecule has 1 aromatic rings. The zero-order valence-electron chi connectivity index (χ0n) is 11.6. The predicted octanol–water partition coefficient (Wildman–Crippen LogP) is 1.74. The van der Waals surface area contributed by atoms with Gasteiger partial charge in [-0.2, -0.15) is 0 Å². The highest BCUT2D eigenvalue weighted by Crippen LogP contribution is 2.21. The molecule has 0 saturated carbocycles. The van der Waals surface area contributed by atoms with Crippen molar-refractivity contribution in [1.29, 1.82) is 0 Å². The van der Waals surface area contributed by atoms with Crippen LogP contribution in [0.3, 0.4) is 0 Å². The van der Waals surface area contributed by atoms with Crippen LogP contribution < -0.4 is 10.6 Å². The standard InChI is InChI=1S/C13H14F2N2O5/c1-22-12(20)10-7(14)4-5-8(11(10)15)17-13(21)16-6-2-3-9(18)19/h4-5H,2-3,6H2,1H3,(H,18,19)(H2,16,17,21). The molecule has 0 aliphatic carbocycles. The van der Waals surface area contributed by atoms with E-state index in [2.05, 4.69) is 15.4 Å². The first kappa shape index (κ1) is 17.3. The maximum atomic E-state index is 14.0. The van der Waals surface area contributed by atoms with Gasteiger partial charge in [-0.1, -0.05) is 0 Å². The van der Waals surface area contributed by atoms with E-state index in [1.165, 1.54) is 0 Å². The lowest BCUT2D eigenvalue weighted by Gasteiger charge is -2.10. The summed E-state index contributed by atoms with van der Waals surface area (Å²) in [5, 5.41) is 12.8. The predicted molar refractivity (Wildman–Crippen MR) is 71.6 cm³/mol. The fourth-order valence-electron chi connectivity index (χ4n) is 1.55. The van der Waals surface area contributed by atoms with Crippen molar-refractivity contribution in [2.75, 3.05) is 19.0 Å². The average molecular weight is 316 g/mol. The number of hydrogen-bond donors (Lipinski definition) is 3. The Morgan fingerprint density at radius 1 is 1.27 bits per heavy atom. The second-order valence-corrected chi connectivity index (χ2v) is 4.15. The molecule has 0 spiro atoms. The summed E-state index contributed by atoms with van der Waals surface area (Å²) in [6.07, 6.45) is 0.0692. The normalized spacial score (nSPS) is 9.95. The minimum Gasteiger partial charge on any atom is -0.481 e. The number of halogens is 2. The number of carbonyl (C=O) groups excluding carboxylic acids is 2. The fraction of sp³-hybridized carbons (Fsp3) is 0.308. The van der Waals surface area contributed by atoms with Crippen molar-refractivity contribution in [2.45, 2.75) is 12.8 Å². The molecule has 0 aromatic heterocycles. The van der Waals surface area contributed by atoms with Crippen LogP contribution in [-0.2, 0) is 9.53 Å². The van der Waals surface area contributed by atoms with E-state index >= 15 is 0 Å². The minimum absolute atomic E-state index is 0.0603. The molecule has 0 saturated heterocycles. The number of hydrogen-bond acceptors (Lipinski definition) is 4. The molecule has 120 valence electrons. The van der Waals surface area contributed by atoms with Crippen molar-refractivity contribution in [3.8, 4) is 0 Å². The number of carboxylic acid groups (broad SMARTS) is 1. The number of methoxy groups -OCH3 is 1. The molecule has 0 heterocycles. The van der Waals surface area contributed by atoms with E-state index in [1.54, 1.807) is 0 Å². The first-order chi connectivity index (χ1) is 10.4. The van der Waals surface area contributed by atoms with Gasteiger partial charge in [0.2, 0.25) is 0 Å². The van der Waals surface area contributed by atoms with Crippen LogP contribution in [0.25, 0.3) is 0 Å². The number of carboxylic acids is 1. The number of rotatable bonds is 6. The summed E-state index contributed by atoms with van der Waals surface area (Å²) in [6.45, 7) is 0.0603. The third-order valence-electron chi connectivity index (χ3n) is 2.58. The maximum absolute atomic E-state index is 14.0.